The molecule has 2 saturated carbocycles. The highest BCUT2D eigenvalue weighted by molar-refractivity contribution is 5.83. The summed E-state index contributed by atoms with van der Waals surface area (Å²) in [5.74, 6) is 2.41. The van der Waals surface area contributed by atoms with Crippen molar-refractivity contribution >= 4 is 12.2 Å². The molecule has 0 aliphatic heterocycles. The van der Waals surface area contributed by atoms with Crippen molar-refractivity contribution in [2.75, 3.05) is 34.0 Å². The third-order valence-corrected chi connectivity index (χ3v) is 5.35. The summed E-state index contributed by atoms with van der Waals surface area (Å²) in [6.07, 6.45) is 7.33. The summed E-state index contributed by atoms with van der Waals surface area (Å²) < 4.78 is 21.7. The monoisotopic (exact) mass is 375 g/mol. The van der Waals surface area contributed by atoms with Crippen LogP contribution in [0.4, 0.5) is 0 Å². The van der Waals surface area contributed by atoms with Gasteiger partial charge in [-0.2, -0.15) is 0 Å². The lowest BCUT2D eigenvalue weighted by atomic mass is 9.98. The van der Waals surface area contributed by atoms with Gasteiger partial charge < -0.3 is 18.9 Å². The maximum Gasteiger partial charge on any atom is 0.327 e. The van der Waals surface area contributed by atoms with Gasteiger partial charge in [0.2, 0.25) is 0 Å². The van der Waals surface area contributed by atoms with Crippen LogP contribution in [0.2, 0.25) is 0 Å². The zero-order chi connectivity index (χ0) is 19.1. The summed E-state index contributed by atoms with van der Waals surface area (Å²) >= 11 is 0. The van der Waals surface area contributed by atoms with Crippen LogP contribution in [0, 0.1) is 11.8 Å². The van der Waals surface area contributed by atoms with E-state index in [2.05, 4.69) is 4.99 Å². The molecule has 1 aromatic rings. The molecule has 6 nitrogen and oxygen atoms in total. The number of hydrogen-bond acceptors (Lipinski definition) is 6. The Kier molecular flexibility index (Phi) is 7.10. The fourth-order valence-corrected chi connectivity index (χ4v) is 4.03. The number of rotatable bonds is 10. The minimum Gasteiger partial charge on any atom is -0.493 e. The van der Waals surface area contributed by atoms with Crippen LogP contribution in [0.15, 0.2) is 23.2 Å². The fourth-order valence-electron chi connectivity index (χ4n) is 4.03. The summed E-state index contributed by atoms with van der Waals surface area (Å²) in [7, 11) is 3.27. The minimum atomic E-state index is -0.242. The van der Waals surface area contributed by atoms with Gasteiger partial charge in [-0.15, -0.1) is 0 Å². The van der Waals surface area contributed by atoms with E-state index in [0.717, 1.165) is 24.3 Å². The summed E-state index contributed by atoms with van der Waals surface area (Å²) in [5.41, 5.74) is 0.852. The molecule has 2 aliphatic rings. The van der Waals surface area contributed by atoms with Crippen LogP contribution in [-0.4, -0.2) is 52.3 Å². The molecule has 3 atom stereocenters. The number of ether oxygens (including phenoxy) is 4. The number of benzene rings is 1. The zero-order valence-corrected chi connectivity index (χ0v) is 16.2. The lowest BCUT2D eigenvalue weighted by Crippen LogP contribution is -2.25. The van der Waals surface area contributed by atoms with Crippen molar-refractivity contribution in [3.8, 4) is 11.5 Å². The van der Waals surface area contributed by atoms with E-state index < -0.39 is 0 Å². The number of carbonyl (C=O) groups excluding carboxylic acids is 1. The largest absolute Gasteiger partial charge is 0.493 e. The first kappa shape index (κ1) is 19.7. The van der Waals surface area contributed by atoms with Crippen molar-refractivity contribution in [1.82, 2.24) is 0 Å². The third kappa shape index (κ3) is 5.45. The Labute approximate surface area is 160 Å². The van der Waals surface area contributed by atoms with Crippen molar-refractivity contribution < 1.29 is 23.7 Å². The van der Waals surface area contributed by atoms with Crippen LogP contribution in [0.5, 0.6) is 11.5 Å². The Morgan fingerprint density at radius 1 is 1.19 bits per heavy atom. The van der Waals surface area contributed by atoms with Gasteiger partial charge >= 0.3 is 5.97 Å². The van der Waals surface area contributed by atoms with Crippen LogP contribution in [0.1, 0.15) is 37.7 Å². The Hall–Kier alpha value is -2.08. The Morgan fingerprint density at radius 3 is 2.78 bits per heavy atom. The Balaban J connectivity index is 1.49. The number of fused-ring (bicyclic) bond motifs is 2. The molecule has 0 N–H and O–H groups in total. The molecule has 1 aromatic carbocycles. The summed E-state index contributed by atoms with van der Waals surface area (Å²) in [6, 6.07) is 5.57. The van der Waals surface area contributed by atoms with Crippen LogP contribution in [-0.2, 0) is 14.3 Å². The number of methoxy groups -OCH3 is 2. The molecule has 0 saturated heterocycles. The van der Waals surface area contributed by atoms with Crippen LogP contribution in [0.3, 0.4) is 0 Å². The summed E-state index contributed by atoms with van der Waals surface area (Å²) in [6.45, 7) is 1.23. The quantitative estimate of drug-likeness (QED) is 0.357. The van der Waals surface area contributed by atoms with Crippen molar-refractivity contribution in [1.29, 1.82) is 0 Å². The number of nitrogens with zero attached hydrogens (tertiary/aromatic N) is 1. The molecule has 2 bridgehead atoms. The van der Waals surface area contributed by atoms with Gasteiger partial charge in [-0.05, 0) is 61.3 Å². The maximum atomic E-state index is 12.0. The SMILES string of the molecule is COCCCOc1cc(C=NCC(=O)OC2CC3CC[C@@H]2C3)ccc1OC. The van der Waals surface area contributed by atoms with Gasteiger partial charge in [-0.1, -0.05) is 0 Å². The van der Waals surface area contributed by atoms with E-state index in [-0.39, 0.29) is 18.6 Å². The van der Waals surface area contributed by atoms with Crippen molar-refractivity contribution in [2.24, 2.45) is 16.8 Å². The molecule has 0 radical (unpaired) electrons. The van der Waals surface area contributed by atoms with E-state index in [1.54, 1.807) is 20.4 Å². The van der Waals surface area contributed by atoms with Gasteiger partial charge in [0, 0.05) is 26.4 Å². The lowest BCUT2D eigenvalue weighted by Gasteiger charge is -2.21. The van der Waals surface area contributed by atoms with E-state index in [9.17, 15) is 4.79 Å². The zero-order valence-electron chi connectivity index (χ0n) is 16.2. The number of hydrogen-bond donors (Lipinski definition) is 0. The van der Waals surface area contributed by atoms with Gasteiger partial charge in [0.25, 0.3) is 0 Å². The van der Waals surface area contributed by atoms with Crippen molar-refractivity contribution in [2.45, 2.75) is 38.2 Å². The van der Waals surface area contributed by atoms with E-state index in [0.29, 0.717) is 30.6 Å². The average molecular weight is 375 g/mol. The second kappa shape index (κ2) is 9.74. The molecule has 0 aromatic heterocycles. The van der Waals surface area contributed by atoms with E-state index in [1.807, 2.05) is 18.2 Å². The first-order chi connectivity index (χ1) is 13.2. The molecule has 0 amide bonds. The van der Waals surface area contributed by atoms with Crippen molar-refractivity contribution in [3.63, 3.8) is 0 Å². The normalized spacial score (nSPS) is 23.7. The van der Waals surface area contributed by atoms with E-state index in [1.165, 1.54) is 19.3 Å². The van der Waals surface area contributed by atoms with Gasteiger partial charge in [0.05, 0.1) is 13.7 Å². The van der Waals surface area contributed by atoms with Crippen LogP contribution < -0.4 is 9.47 Å². The molecule has 2 unspecified atom stereocenters. The second-order valence-electron chi connectivity index (χ2n) is 7.28. The van der Waals surface area contributed by atoms with Gasteiger partial charge in [0.15, 0.2) is 11.5 Å². The number of carbonyl (C=O) groups is 1. The molecular weight excluding hydrogens is 346 g/mol. The highest BCUT2D eigenvalue weighted by Crippen LogP contribution is 2.45. The minimum absolute atomic E-state index is 0.0456. The topological polar surface area (TPSA) is 66.4 Å². The molecule has 3 rings (SSSR count). The first-order valence-corrected chi connectivity index (χ1v) is 9.68. The predicted octanol–water partition coefficient (Wildman–Crippen LogP) is 3.26. The molecule has 0 spiro atoms. The standard InChI is InChI=1S/C21H29NO5/c1-24-8-3-9-26-20-12-16(5-7-18(20)25-2)13-22-14-21(23)27-19-11-15-4-6-17(19)10-15/h5,7,12-13,15,17,19H,3-4,6,8-11,14H2,1-2H3/t15?,17-,19?/m1/s1. The van der Waals surface area contributed by atoms with E-state index in [4.69, 9.17) is 18.9 Å². The highest BCUT2D eigenvalue weighted by atomic mass is 16.5. The number of esters is 1. The first-order valence-electron chi connectivity index (χ1n) is 9.68. The molecule has 2 fully saturated rings. The molecule has 27 heavy (non-hydrogen) atoms. The van der Waals surface area contributed by atoms with Crippen LogP contribution in [0.25, 0.3) is 0 Å². The van der Waals surface area contributed by atoms with Gasteiger partial charge in [0.1, 0.15) is 12.6 Å². The smallest absolute Gasteiger partial charge is 0.327 e. The van der Waals surface area contributed by atoms with Crippen molar-refractivity contribution in [3.05, 3.63) is 23.8 Å². The van der Waals surface area contributed by atoms with Gasteiger partial charge in [-0.3, -0.25) is 9.79 Å². The fraction of sp³-hybridized carbons (Fsp3) is 0.619. The maximum absolute atomic E-state index is 12.0. The summed E-state index contributed by atoms with van der Waals surface area (Å²) in [4.78, 5) is 16.3. The van der Waals surface area contributed by atoms with Gasteiger partial charge in [-0.25, -0.2) is 0 Å². The summed E-state index contributed by atoms with van der Waals surface area (Å²) in [5, 5.41) is 0. The van der Waals surface area contributed by atoms with E-state index >= 15 is 0 Å². The molecule has 0 heterocycles. The Bertz CT molecular complexity index is 660. The third-order valence-electron chi connectivity index (χ3n) is 5.35. The molecule has 148 valence electrons. The lowest BCUT2D eigenvalue weighted by molar-refractivity contribution is -0.149. The highest BCUT2D eigenvalue weighted by Gasteiger charge is 2.41. The second-order valence-corrected chi connectivity index (χ2v) is 7.28. The molecule has 6 heteroatoms. The Morgan fingerprint density at radius 2 is 2.07 bits per heavy atom. The molecular formula is C21H29NO5. The average Bonchev–Trinajstić information content (AvgIpc) is 3.28. The number of aliphatic imine (C=N–C) groups is 1. The molecule has 2 aliphatic carbocycles. The van der Waals surface area contributed by atoms with Crippen LogP contribution >= 0.6 is 0 Å². The predicted molar refractivity (Wildman–Crippen MR) is 103 cm³/mol.